The lowest BCUT2D eigenvalue weighted by molar-refractivity contribution is -0.137. The molecule has 4 nitrogen and oxygen atoms in total. The molecule has 0 aromatic heterocycles. The van der Waals surface area contributed by atoms with Gasteiger partial charge >= 0.3 is 6.18 Å². The van der Waals surface area contributed by atoms with Crippen LogP contribution in [-0.2, 0) is 17.4 Å². The maximum Gasteiger partial charge on any atom is 0.416 e. The fraction of sp³-hybridized carbons (Fsp3) is 0.333. The van der Waals surface area contributed by atoms with Gasteiger partial charge in [0.1, 0.15) is 0 Å². The number of alkyl halides is 3. The van der Waals surface area contributed by atoms with E-state index in [1.54, 1.807) is 17.0 Å². The molecule has 7 heteroatoms. The topological polar surface area (TPSA) is 49.4 Å². The zero-order valence-corrected chi connectivity index (χ0v) is 15.1. The minimum Gasteiger partial charge on any atom is -0.322 e. The Labute approximate surface area is 160 Å². The molecule has 0 saturated heterocycles. The van der Waals surface area contributed by atoms with Crippen molar-refractivity contribution in [2.45, 2.75) is 31.9 Å². The second kappa shape index (κ2) is 6.96. The second-order valence-corrected chi connectivity index (χ2v) is 7.24. The summed E-state index contributed by atoms with van der Waals surface area (Å²) >= 11 is 0. The van der Waals surface area contributed by atoms with E-state index in [9.17, 15) is 22.8 Å². The van der Waals surface area contributed by atoms with Gasteiger partial charge in [-0.25, -0.2) is 0 Å². The van der Waals surface area contributed by atoms with Gasteiger partial charge in [0.2, 0.25) is 5.91 Å². The van der Waals surface area contributed by atoms with Gasteiger partial charge in [-0.1, -0.05) is 6.07 Å². The summed E-state index contributed by atoms with van der Waals surface area (Å²) in [6, 6.07) is 9.50. The molecule has 0 bridgehead atoms. The second-order valence-electron chi connectivity index (χ2n) is 7.24. The molecule has 1 aliphatic heterocycles. The van der Waals surface area contributed by atoms with Gasteiger partial charge in [-0.05, 0) is 67.6 Å². The van der Waals surface area contributed by atoms with E-state index >= 15 is 0 Å². The Hall–Kier alpha value is -2.83. The van der Waals surface area contributed by atoms with Crippen molar-refractivity contribution in [2.24, 2.45) is 5.92 Å². The van der Waals surface area contributed by atoms with Crippen LogP contribution < -0.4 is 10.2 Å². The molecule has 0 spiro atoms. The predicted molar refractivity (Wildman–Crippen MR) is 99.2 cm³/mol. The molecule has 0 radical (unpaired) electrons. The van der Waals surface area contributed by atoms with E-state index in [4.69, 9.17) is 0 Å². The molecule has 1 aliphatic carbocycles. The van der Waals surface area contributed by atoms with E-state index in [1.807, 2.05) is 6.07 Å². The Morgan fingerprint density at radius 1 is 1.04 bits per heavy atom. The Bertz CT molecular complexity index is 918. The average Bonchev–Trinajstić information content (AvgIpc) is 3.51. The highest BCUT2D eigenvalue weighted by atomic mass is 19.4. The largest absolute Gasteiger partial charge is 0.416 e. The van der Waals surface area contributed by atoms with Gasteiger partial charge in [-0.2, -0.15) is 13.2 Å². The summed E-state index contributed by atoms with van der Waals surface area (Å²) in [5.74, 6) is -0.256. The molecule has 0 atom stereocenters. The predicted octanol–water partition coefficient (Wildman–Crippen LogP) is 4.65. The number of anilines is 2. The first-order chi connectivity index (χ1) is 13.3. The van der Waals surface area contributed by atoms with Crippen molar-refractivity contribution in [1.82, 2.24) is 0 Å². The third kappa shape index (κ3) is 3.74. The molecular weight excluding hydrogens is 369 g/mol. The van der Waals surface area contributed by atoms with Gasteiger partial charge in [0, 0.05) is 29.4 Å². The van der Waals surface area contributed by atoms with Gasteiger partial charge in [0.05, 0.1) is 5.56 Å². The molecule has 2 amide bonds. The lowest BCUT2D eigenvalue weighted by Crippen LogP contribution is -2.36. The molecule has 2 aliphatic rings. The Morgan fingerprint density at radius 3 is 2.39 bits per heavy atom. The summed E-state index contributed by atoms with van der Waals surface area (Å²) in [5, 5.41) is 2.71. The lowest BCUT2D eigenvalue weighted by Gasteiger charge is -2.30. The Morgan fingerprint density at radius 2 is 1.75 bits per heavy atom. The summed E-state index contributed by atoms with van der Waals surface area (Å²) in [7, 11) is 0. The molecule has 1 heterocycles. The number of carbonyl (C=O) groups excluding carboxylic acids is 2. The third-order valence-corrected chi connectivity index (χ3v) is 5.13. The number of hydrogen-bond acceptors (Lipinski definition) is 2. The molecule has 1 N–H and O–H groups in total. The summed E-state index contributed by atoms with van der Waals surface area (Å²) < 4.78 is 38.0. The maximum atomic E-state index is 12.7. The van der Waals surface area contributed by atoms with Crippen molar-refractivity contribution < 1.29 is 22.8 Å². The van der Waals surface area contributed by atoms with Gasteiger partial charge in [-0.3, -0.25) is 9.59 Å². The highest BCUT2D eigenvalue weighted by Gasteiger charge is 2.35. The minimum atomic E-state index is -4.44. The fourth-order valence-electron chi connectivity index (χ4n) is 3.45. The van der Waals surface area contributed by atoms with Crippen LogP contribution in [0, 0.1) is 5.92 Å². The van der Waals surface area contributed by atoms with Crippen molar-refractivity contribution in [3.63, 3.8) is 0 Å². The molecule has 4 rings (SSSR count). The third-order valence-electron chi connectivity index (χ3n) is 5.13. The summed E-state index contributed by atoms with van der Waals surface area (Å²) in [6.45, 7) is 0.665. The molecule has 1 fully saturated rings. The Balaban J connectivity index is 1.53. The Kier molecular flexibility index (Phi) is 4.61. The van der Waals surface area contributed by atoms with Crippen LogP contribution in [0.3, 0.4) is 0 Å². The van der Waals surface area contributed by atoms with Gasteiger partial charge in [0.15, 0.2) is 0 Å². The van der Waals surface area contributed by atoms with Crippen molar-refractivity contribution in [2.75, 3.05) is 16.8 Å². The highest BCUT2D eigenvalue weighted by molar-refractivity contribution is 6.05. The van der Waals surface area contributed by atoms with Crippen molar-refractivity contribution in [1.29, 1.82) is 0 Å². The first kappa shape index (κ1) is 18.5. The van der Waals surface area contributed by atoms with Crippen LogP contribution in [0.5, 0.6) is 0 Å². The van der Waals surface area contributed by atoms with Gasteiger partial charge in [-0.15, -0.1) is 0 Å². The zero-order valence-electron chi connectivity index (χ0n) is 15.1. The van der Waals surface area contributed by atoms with E-state index < -0.39 is 17.6 Å². The number of fused-ring (bicyclic) bond motifs is 1. The van der Waals surface area contributed by atoms with E-state index in [-0.39, 0.29) is 17.4 Å². The lowest BCUT2D eigenvalue weighted by atomic mass is 10.0. The van der Waals surface area contributed by atoms with Crippen molar-refractivity contribution >= 4 is 23.2 Å². The normalized spacial score (nSPS) is 16.5. The number of halogens is 3. The SMILES string of the molecule is O=C(Nc1ccc2c(c1)N(C(=O)C1CC1)CCC2)c1ccc(C(F)(F)F)cc1. The van der Waals surface area contributed by atoms with E-state index in [0.29, 0.717) is 12.2 Å². The number of nitrogens with one attached hydrogen (secondary N) is 1. The highest BCUT2D eigenvalue weighted by Crippen LogP contribution is 2.37. The zero-order chi connectivity index (χ0) is 19.9. The molecule has 28 heavy (non-hydrogen) atoms. The van der Waals surface area contributed by atoms with Gasteiger partial charge in [0.25, 0.3) is 5.91 Å². The van der Waals surface area contributed by atoms with Crippen LogP contribution in [-0.4, -0.2) is 18.4 Å². The van der Waals surface area contributed by atoms with Crippen LogP contribution in [0.4, 0.5) is 24.5 Å². The molecule has 0 unspecified atom stereocenters. The van der Waals surface area contributed by atoms with Crippen LogP contribution >= 0.6 is 0 Å². The van der Waals surface area contributed by atoms with Crippen molar-refractivity contribution in [3.05, 3.63) is 59.2 Å². The quantitative estimate of drug-likeness (QED) is 0.832. The van der Waals surface area contributed by atoms with Crippen molar-refractivity contribution in [3.8, 4) is 0 Å². The number of nitrogens with zero attached hydrogens (tertiary/aromatic N) is 1. The molecular formula is C21H19F3N2O2. The number of amides is 2. The maximum absolute atomic E-state index is 12.7. The average molecular weight is 388 g/mol. The summed E-state index contributed by atoms with van der Waals surface area (Å²) in [4.78, 5) is 26.7. The fourth-order valence-corrected chi connectivity index (χ4v) is 3.45. The number of hydrogen-bond donors (Lipinski definition) is 1. The summed E-state index contributed by atoms with van der Waals surface area (Å²) in [5.41, 5.74) is 1.73. The molecule has 1 saturated carbocycles. The number of carbonyl (C=O) groups is 2. The van der Waals surface area contributed by atoms with Crippen LogP contribution in [0.2, 0.25) is 0 Å². The number of rotatable bonds is 3. The van der Waals surface area contributed by atoms with Gasteiger partial charge < -0.3 is 10.2 Å². The first-order valence-electron chi connectivity index (χ1n) is 9.26. The van der Waals surface area contributed by atoms with Crippen LogP contribution in [0.1, 0.15) is 40.7 Å². The first-order valence-corrected chi connectivity index (χ1v) is 9.26. The van der Waals surface area contributed by atoms with Crippen LogP contribution in [0.15, 0.2) is 42.5 Å². The smallest absolute Gasteiger partial charge is 0.322 e. The molecule has 2 aromatic carbocycles. The molecule has 146 valence electrons. The number of benzene rings is 2. The molecule has 2 aromatic rings. The minimum absolute atomic E-state index is 0.108. The standard InChI is InChI=1S/C21H19F3N2O2/c22-21(23,24)16-8-5-14(6-9-16)19(27)25-17-10-7-13-2-1-11-26(18(13)12-17)20(28)15-3-4-15/h5-10,12,15H,1-4,11H2,(H,25,27). The summed E-state index contributed by atoms with van der Waals surface area (Å²) in [6.07, 6.45) is -0.811. The monoisotopic (exact) mass is 388 g/mol. The van der Waals surface area contributed by atoms with E-state index in [0.717, 1.165) is 61.2 Å². The number of aryl methyl sites for hydroxylation is 1. The van der Waals surface area contributed by atoms with E-state index in [1.165, 1.54) is 0 Å². The van der Waals surface area contributed by atoms with E-state index in [2.05, 4.69) is 5.32 Å². The van der Waals surface area contributed by atoms with Crippen LogP contribution in [0.25, 0.3) is 0 Å².